The summed E-state index contributed by atoms with van der Waals surface area (Å²) in [6.07, 6.45) is 8.90. The van der Waals surface area contributed by atoms with E-state index in [2.05, 4.69) is 38.4 Å². The number of anilines is 1. The summed E-state index contributed by atoms with van der Waals surface area (Å²) in [6, 6.07) is 1.79. The summed E-state index contributed by atoms with van der Waals surface area (Å²) in [6.45, 7) is 2.87. The van der Waals surface area contributed by atoms with Crippen LogP contribution in [0.5, 0.6) is 0 Å². The number of likely N-dealkylation sites (tertiary alicyclic amines) is 1. The monoisotopic (exact) mass is 428 g/mol. The van der Waals surface area contributed by atoms with Gasteiger partial charge >= 0.3 is 0 Å². The van der Waals surface area contributed by atoms with Gasteiger partial charge in [0.05, 0.1) is 19.5 Å². The molecule has 4 aliphatic carbocycles. The molecule has 7 nitrogen and oxygen atoms in total. The van der Waals surface area contributed by atoms with Gasteiger partial charge in [-0.3, -0.25) is 9.79 Å². The van der Waals surface area contributed by atoms with Gasteiger partial charge in [0.25, 0.3) is 5.92 Å². The highest BCUT2D eigenvalue weighted by Crippen LogP contribution is 2.77. The molecule has 9 heteroatoms. The number of nitrogens with one attached hydrogen (secondary N) is 2. The lowest BCUT2D eigenvalue weighted by Gasteiger charge is -2.64. The maximum atomic E-state index is 13.8. The SMILES string of the molecule is C=N[C@@H]1CC(F)(F)CN1C(=O)CNC12CC3CC4C(Nc5ncccn5)=CC1C4(C3)C2. The lowest BCUT2D eigenvalue weighted by Crippen LogP contribution is -2.70. The quantitative estimate of drug-likeness (QED) is 0.681. The number of alkyl halides is 2. The Balaban J connectivity index is 1.18. The van der Waals surface area contributed by atoms with E-state index >= 15 is 0 Å². The first kappa shape index (κ1) is 19.3. The smallest absolute Gasteiger partial charge is 0.269 e. The van der Waals surface area contributed by atoms with Gasteiger partial charge in [0, 0.05) is 35.5 Å². The van der Waals surface area contributed by atoms with Crippen molar-refractivity contribution in [1.82, 2.24) is 20.2 Å². The molecule has 0 aromatic carbocycles. The lowest BCUT2D eigenvalue weighted by molar-refractivity contribution is -0.137. The number of aliphatic imine (C=N–C) groups is 1. The van der Waals surface area contributed by atoms with Gasteiger partial charge in [-0.15, -0.1) is 0 Å². The third kappa shape index (κ3) is 2.71. The van der Waals surface area contributed by atoms with E-state index in [4.69, 9.17) is 0 Å². The average Bonchev–Trinajstić information content (AvgIpc) is 3.29. The van der Waals surface area contributed by atoms with Crippen molar-refractivity contribution in [2.75, 3.05) is 18.4 Å². The van der Waals surface area contributed by atoms with Crippen LogP contribution in [0.2, 0.25) is 0 Å². The van der Waals surface area contributed by atoms with E-state index in [-0.39, 0.29) is 23.4 Å². The van der Waals surface area contributed by atoms with Crippen LogP contribution in [-0.2, 0) is 4.79 Å². The van der Waals surface area contributed by atoms with Crippen LogP contribution in [0.25, 0.3) is 0 Å². The molecule has 31 heavy (non-hydrogen) atoms. The van der Waals surface area contributed by atoms with Crippen molar-refractivity contribution in [2.45, 2.75) is 49.7 Å². The minimum absolute atomic E-state index is 0.0600. The van der Waals surface area contributed by atoms with Crippen molar-refractivity contribution in [3.05, 3.63) is 30.2 Å². The fraction of sp³-hybridized carbons (Fsp3) is 0.636. The number of nitrogens with zero attached hydrogens (tertiary/aromatic N) is 4. The highest BCUT2D eigenvalue weighted by atomic mass is 19.3. The molecule has 5 unspecified atom stereocenters. The topological polar surface area (TPSA) is 82.5 Å². The predicted molar refractivity (Wildman–Crippen MR) is 110 cm³/mol. The van der Waals surface area contributed by atoms with Crippen molar-refractivity contribution in [3.63, 3.8) is 0 Å². The van der Waals surface area contributed by atoms with Crippen LogP contribution in [0.15, 0.2) is 35.2 Å². The van der Waals surface area contributed by atoms with Crippen LogP contribution < -0.4 is 10.6 Å². The number of carbonyl (C=O) groups excluding carboxylic acids is 1. The Morgan fingerprint density at radius 2 is 2.10 bits per heavy atom. The van der Waals surface area contributed by atoms with Gasteiger partial charge in [0.15, 0.2) is 0 Å². The Bertz CT molecular complexity index is 970. The third-order valence-corrected chi connectivity index (χ3v) is 8.35. The van der Waals surface area contributed by atoms with Gasteiger partial charge in [0.1, 0.15) is 6.17 Å². The largest absolute Gasteiger partial charge is 0.328 e. The first-order chi connectivity index (χ1) is 14.8. The molecule has 3 saturated carbocycles. The summed E-state index contributed by atoms with van der Waals surface area (Å²) in [5.41, 5.74) is 1.32. The third-order valence-electron chi connectivity index (χ3n) is 8.35. The summed E-state index contributed by atoms with van der Waals surface area (Å²) in [5.74, 6) is -1.16. The minimum Gasteiger partial charge on any atom is -0.328 e. The van der Waals surface area contributed by atoms with Crippen molar-refractivity contribution >= 4 is 18.6 Å². The Hall–Kier alpha value is -2.42. The molecule has 1 aliphatic heterocycles. The van der Waals surface area contributed by atoms with Gasteiger partial charge in [-0.1, -0.05) is 6.08 Å². The van der Waals surface area contributed by atoms with Crippen LogP contribution in [0, 0.1) is 23.2 Å². The number of hydrogen-bond acceptors (Lipinski definition) is 6. The summed E-state index contributed by atoms with van der Waals surface area (Å²) in [7, 11) is 0. The van der Waals surface area contributed by atoms with E-state index in [0.717, 1.165) is 19.3 Å². The number of halogens is 2. The Morgan fingerprint density at radius 1 is 1.29 bits per heavy atom. The summed E-state index contributed by atoms with van der Waals surface area (Å²) >= 11 is 0. The highest BCUT2D eigenvalue weighted by Gasteiger charge is 2.74. The van der Waals surface area contributed by atoms with E-state index in [9.17, 15) is 13.6 Å². The molecule has 2 N–H and O–H groups in total. The Labute approximate surface area is 179 Å². The van der Waals surface area contributed by atoms with Gasteiger partial charge < -0.3 is 15.5 Å². The van der Waals surface area contributed by atoms with E-state index < -0.39 is 25.1 Å². The molecule has 1 spiro atoms. The van der Waals surface area contributed by atoms with E-state index in [1.165, 1.54) is 17.0 Å². The second-order valence-corrected chi connectivity index (χ2v) is 10.0. The van der Waals surface area contributed by atoms with Crippen LogP contribution in [0.3, 0.4) is 0 Å². The molecule has 0 radical (unpaired) electrons. The second-order valence-electron chi connectivity index (χ2n) is 10.0. The van der Waals surface area contributed by atoms with Crippen LogP contribution >= 0.6 is 0 Å². The maximum Gasteiger partial charge on any atom is 0.269 e. The molecular formula is C22H26F2N6O. The maximum absolute atomic E-state index is 13.8. The molecule has 164 valence electrons. The number of carbonyl (C=O) groups is 1. The molecule has 4 fully saturated rings. The average molecular weight is 428 g/mol. The molecule has 6 atom stereocenters. The first-order valence-corrected chi connectivity index (χ1v) is 11.0. The van der Waals surface area contributed by atoms with Gasteiger partial charge in [-0.05, 0) is 49.8 Å². The fourth-order valence-corrected chi connectivity index (χ4v) is 7.46. The number of rotatable bonds is 6. The summed E-state index contributed by atoms with van der Waals surface area (Å²) < 4.78 is 27.6. The lowest BCUT2D eigenvalue weighted by atomic mass is 9.44. The normalized spacial score (nSPS) is 41.0. The number of fused-ring (bicyclic) bond motifs is 1. The zero-order valence-corrected chi connectivity index (χ0v) is 17.2. The standard InChI is InChI=1S/C22H26F2N6O/c1-25-17-9-22(23,24)12-30(17)18(31)10-28-21-8-13-5-14-15(29-19-26-3-2-4-27-19)6-16(21)20(14,7-13)11-21/h2-4,6,13-14,16-17,28H,1,5,7-12H2,(H,26,27,29)/t13?,14?,16?,17-,20?,21?/m0/s1. The molecule has 1 saturated heterocycles. The van der Waals surface area contributed by atoms with Gasteiger partial charge in [-0.2, -0.15) is 0 Å². The number of hydrogen-bond donors (Lipinski definition) is 2. The molecule has 5 aliphatic rings. The molecular weight excluding hydrogens is 402 g/mol. The van der Waals surface area contributed by atoms with E-state index in [1.54, 1.807) is 18.5 Å². The second kappa shape index (κ2) is 6.31. The van der Waals surface area contributed by atoms with Gasteiger partial charge in [0.2, 0.25) is 11.9 Å². The van der Waals surface area contributed by atoms with Crippen molar-refractivity contribution < 1.29 is 13.6 Å². The van der Waals surface area contributed by atoms with Crippen LogP contribution in [-0.4, -0.2) is 58.2 Å². The Morgan fingerprint density at radius 3 is 2.87 bits per heavy atom. The first-order valence-electron chi connectivity index (χ1n) is 11.0. The number of amides is 1. The molecule has 2 heterocycles. The zero-order chi connectivity index (χ0) is 21.4. The van der Waals surface area contributed by atoms with E-state index in [1.807, 2.05) is 0 Å². The highest BCUT2D eigenvalue weighted by molar-refractivity contribution is 5.79. The van der Waals surface area contributed by atoms with Crippen molar-refractivity contribution in [1.29, 1.82) is 0 Å². The summed E-state index contributed by atoms with van der Waals surface area (Å²) in [4.78, 5) is 26.3. The molecule has 6 rings (SSSR count). The molecule has 1 aromatic heterocycles. The van der Waals surface area contributed by atoms with Crippen LogP contribution in [0.4, 0.5) is 14.7 Å². The van der Waals surface area contributed by atoms with Gasteiger partial charge in [-0.25, -0.2) is 18.7 Å². The number of allylic oxidation sites excluding steroid dienone is 1. The predicted octanol–water partition coefficient (Wildman–Crippen LogP) is 2.44. The zero-order valence-electron chi connectivity index (χ0n) is 17.2. The molecule has 1 amide bonds. The number of aromatic nitrogens is 2. The fourth-order valence-electron chi connectivity index (χ4n) is 7.46. The van der Waals surface area contributed by atoms with E-state index in [0.29, 0.717) is 23.7 Å². The Kier molecular flexibility index (Phi) is 3.92. The summed E-state index contributed by atoms with van der Waals surface area (Å²) in [5, 5.41) is 6.95. The van der Waals surface area contributed by atoms with Crippen molar-refractivity contribution in [2.24, 2.45) is 28.2 Å². The van der Waals surface area contributed by atoms with Crippen molar-refractivity contribution in [3.8, 4) is 0 Å². The molecule has 3 bridgehead atoms. The minimum atomic E-state index is -2.90. The van der Waals surface area contributed by atoms with Crippen LogP contribution in [0.1, 0.15) is 32.1 Å². The molecule has 1 aromatic rings.